The van der Waals surface area contributed by atoms with E-state index in [-0.39, 0.29) is 10.8 Å². The highest BCUT2D eigenvalue weighted by atomic mass is 35.5. The Labute approximate surface area is 131 Å². The van der Waals surface area contributed by atoms with E-state index in [2.05, 4.69) is 26.0 Å². The lowest BCUT2D eigenvalue weighted by molar-refractivity contribution is 0.354. The summed E-state index contributed by atoms with van der Waals surface area (Å²) in [5, 5.41) is -0.167. The van der Waals surface area contributed by atoms with Crippen molar-refractivity contribution < 1.29 is 9.47 Å². The molecule has 0 spiro atoms. The maximum Gasteiger partial charge on any atom is 0.161 e. The van der Waals surface area contributed by atoms with Crippen molar-refractivity contribution in [2.24, 2.45) is 0 Å². The van der Waals surface area contributed by atoms with Crippen molar-refractivity contribution in [1.29, 1.82) is 0 Å². The lowest BCUT2D eigenvalue weighted by Gasteiger charge is -2.31. The third-order valence-electron chi connectivity index (χ3n) is 3.85. The third kappa shape index (κ3) is 3.16. The van der Waals surface area contributed by atoms with Crippen LogP contribution in [0.15, 0.2) is 48.5 Å². The number of ether oxygens (including phenoxy) is 2. The maximum absolute atomic E-state index is 6.76. The highest BCUT2D eigenvalue weighted by Gasteiger charge is 2.31. The molecule has 0 aromatic heterocycles. The zero-order chi connectivity index (χ0) is 15.5. The Kier molecular flexibility index (Phi) is 4.79. The number of rotatable bonds is 5. The average molecular weight is 305 g/mol. The first-order valence-corrected chi connectivity index (χ1v) is 7.36. The van der Waals surface area contributed by atoms with E-state index in [1.807, 2.05) is 36.4 Å². The van der Waals surface area contributed by atoms with Crippen molar-refractivity contribution in [3.05, 3.63) is 59.7 Å². The lowest BCUT2D eigenvalue weighted by Crippen LogP contribution is -2.23. The monoisotopic (exact) mass is 304 g/mol. The number of benzene rings is 2. The molecule has 0 radical (unpaired) electrons. The van der Waals surface area contributed by atoms with Crippen LogP contribution in [0.1, 0.15) is 30.4 Å². The van der Waals surface area contributed by atoms with Gasteiger partial charge < -0.3 is 9.47 Å². The summed E-state index contributed by atoms with van der Waals surface area (Å²) in [5.41, 5.74) is 2.03. The van der Waals surface area contributed by atoms with Gasteiger partial charge in [0.05, 0.1) is 19.6 Å². The smallest absolute Gasteiger partial charge is 0.161 e. The number of alkyl halides is 1. The predicted octanol–water partition coefficient (Wildman–Crippen LogP) is 4.96. The van der Waals surface area contributed by atoms with Gasteiger partial charge in [-0.15, -0.1) is 11.6 Å². The maximum atomic E-state index is 6.76. The average Bonchev–Trinajstić information content (AvgIpc) is 2.54. The van der Waals surface area contributed by atoms with Gasteiger partial charge in [0.1, 0.15) is 0 Å². The van der Waals surface area contributed by atoms with Crippen molar-refractivity contribution in [2.75, 3.05) is 14.2 Å². The molecule has 0 N–H and O–H groups in total. The Bertz CT molecular complexity index is 593. The quantitative estimate of drug-likeness (QED) is 0.727. The summed E-state index contributed by atoms with van der Waals surface area (Å²) in [4.78, 5) is 0. The fourth-order valence-electron chi connectivity index (χ4n) is 2.44. The van der Waals surface area contributed by atoms with E-state index in [4.69, 9.17) is 21.1 Å². The molecule has 112 valence electrons. The molecule has 0 amide bonds. The molecule has 2 aromatic carbocycles. The fraction of sp³-hybridized carbons (Fsp3) is 0.333. The van der Waals surface area contributed by atoms with Gasteiger partial charge in [-0.1, -0.05) is 50.2 Å². The Morgan fingerprint density at radius 3 is 2.10 bits per heavy atom. The van der Waals surface area contributed by atoms with Crippen LogP contribution in [0.2, 0.25) is 0 Å². The summed E-state index contributed by atoms with van der Waals surface area (Å²) >= 11 is 6.76. The van der Waals surface area contributed by atoms with E-state index in [9.17, 15) is 0 Å². The molecular weight excluding hydrogens is 284 g/mol. The highest BCUT2D eigenvalue weighted by molar-refractivity contribution is 6.21. The summed E-state index contributed by atoms with van der Waals surface area (Å²) in [5.74, 6) is 1.41. The van der Waals surface area contributed by atoms with Crippen LogP contribution < -0.4 is 9.47 Å². The molecule has 0 heterocycles. The molecule has 0 bridgehead atoms. The highest BCUT2D eigenvalue weighted by Crippen LogP contribution is 2.43. The minimum absolute atomic E-state index is 0.167. The Balaban J connectivity index is 2.37. The molecule has 0 aliphatic carbocycles. The zero-order valence-corrected chi connectivity index (χ0v) is 13.6. The molecular formula is C18H21ClO2. The first kappa shape index (κ1) is 15.7. The molecule has 3 heteroatoms. The van der Waals surface area contributed by atoms with Crippen LogP contribution in [0, 0.1) is 0 Å². The van der Waals surface area contributed by atoms with E-state index in [0.717, 1.165) is 5.56 Å². The molecule has 0 saturated carbocycles. The Hall–Kier alpha value is -1.67. The largest absolute Gasteiger partial charge is 0.493 e. The van der Waals surface area contributed by atoms with Gasteiger partial charge in [0, 0.05) is 5.41 Å². The second-order valence-corrected chi connectivity index (χ2v) is 6.00. The van der Waals surface area contributed by atoms with E-state index in [1.54, 1.807) is 14.2 Å². The summed E-state index contributed by atoms with van der Waals surface area (Å²) in [6.07, 6.45) is 0. The normalized spacial score (nSPS) is 12.8. The van der Waals surface area contributed by atoms with Crippen molar-refractivity contribution in [2.45, 2.75) is 24.6 Å². The Morgan fingerprint density at radius 2 is 1.52 bits per heavy atom. The molecule has 0 fully saturated rings. The molecule has 21 heavy (non-hydrogen) atoms. The van der Waals surface area contributed by atoms with Gasteiger partial charge in [-0.3, -0.25) is 0 Å². The van der Waals surface area contributed by atoms with Crippen molar-refractivity contribution in [1.82, 2.24) is 0 Å². The van der Waals surface area contributed by atoms with Crippen LogP contribution in [0.3, 0.4) is 0 Å². The van der Waals surface area contributed by atoms with E-state index < -0.39 is 0 Å². The molecule has 1 unspecified atom stereocenters. The van der Waals surface area contributed by atoms with Gasteiger partial charge in [0.15, 0.2) is 11.5 Å². The van der Waals surface area contributed by atoms with Gasteiger partial charge in [-0.2, -0.15) is 0 Å². The van der Waals surface area contributed by atoms with E-state index in [1.165, 1.54) is 5.56 Å². The zero-order valence-electron chi connectivity index (χ0n) is 12.9. The van der Waals surface area contributed by atoms with Gasteiger partial charge in [-0.25, -0.2) is 0 Å². The Morgan fingerprint density at radius 1 is 0.905 bits per heavy atom. The van der Waals surface area contributed by atoms with Crippen LogP contribution in [0.5, 0.6) is 11.5 Å². The fourth-order valence-corrected chi connectivity index (χ4v) is 2.70. The molecule has 2 rings (SSSR count). The topological polar surface area (TPSA) is 18.5 Å². The van der Waals surface area contributed by atoms with Gasteiger partial charge >= 0.3 is 0 Å². The first-order valence-electron chi connectivity index (χ1n) is 6.92. The molecule has 2 nitrogen and oxygen atoms in total. The van der Waals surface area contributed by atoms with Crippen LogP contribution in [-0.2, 0) is 5.41 Å². The van der Waals surface area contributed by atoms with Crippen LogP contribution in [-0.4, -0.2) is 14.2 Å². The SMILES string of the molecule is COc1ccc(C(Cl)C(C)(C)c2ccccc2)cc1OC. The first-order chi connectivity index (χ1) is 10.0. The van der Waals surface area contributed by atoms with Gasteiger partial charge in [0.25, 0.3) is 0 Å². The van der Waals surface area contributed by atoms with E-state index >= 15 is 0 Å². The molecule has 1 atom stereocenters. The summed E-state index contributed by atoms with van der Waals surface area (Å²) in [7, 11) is 3.26. The van der Waals surface area contributed by atoms with Crippen molar-refractivity contribution >= 4 is 11.6 Å². The van der Waals surface area contributed by atoms with Gasteiger partial charge in [-0.05, 0) is 23.3 Å². The number of halogens is 1. The standard InChI is InChI=1S/C18H21ClO2/c1-18(2,14-8-6-5-7-9-14)17(19)13-10-11-15(20-3)16(12-13)21-4/h5-12,17H,1-4H3. The van der Waals surface area contributed by atoms with Crippen LogP contribution in [0.25, 0.3) is 0 Å². The van der Waals surface area contributed by atoms with E-state index in [0.29, 0.717) is 11.5 Å². The minimum atomic E-state index is -0.192. The summed E-state index contributed by atoms with van der Waals surface area (Å²) in [6.45, 7) is 4.30. The number of hydrogen-bond acceptors (Lipinski definition) is 2. The minimum Gasteiger partial charge on any atom is -0.493 e. The van der Waals surface area contributed by atoms with Crippen LogP contribution in [0.4, 0.5) is 0 Å². The number of methoxy groups -OCH3 is 2. The lowest BCUT2D eigenvalue weighted by atomic mass is 9.78. The third-order valence-corrected chi connectivity index (χ3v) is 4.65. The predicted molar refractivity (Wildman–Crippen MR) is 87.6 cm³/mol. The molecule has 2 aromatic rings. The molecule has 0 aliphatic rings. The van der Waals surface area contributed by atoms with Crippen molar-refractivity contribution in [3.8, 4) is 11.5 Å². The van der Waals surface area contributed by atoms with Crippen molar-refractivity contribution in [3.63, 3.8) is 0 Å². The molecule has 0 aliphatic heterocycles. The molecule has 0 saturated heterocycles. The van der Waals surface area contributed by atoms with Crippen LogP contribution >= 0.6 is 11.6 Å². The second kappa shape index (κ2) is 6.40. The number of hydrogen-bond donors (Lipinski definition) is 0. The summed E-state index contributed by atoms with van der Waals surface area (Å²) < 4.78 is 10.6. The van der Waals surface area contributed by atoms with Gasteiger partial charge in [0.2, 0.25) is 0 Å². The summed E-state index contributed by atoms with van der Waals surface area (Å²) in [6, 6.07) is 16.1. The second-order valence-electron chi connectivity index (χ2n) is 5.56.